The van der Waals surface area contributed by atoms with Gasteiger partial charge in [0.15, 0.2) is 6.20 Å². The highest BCUT2D eigenvalue weighted by Crippen LogP contribution is 2.04. The van der Waals surface area contributed by atoms with Crippen LogP contribution in [0, 0.1) is 0 Å². The molecule has 88 valence electrons. The minimum atomic E-state index is 0.602. The summed E-state index contributed by atoms with van der Waals surface area (Å²) in [7, 11) is 0. The normalized spacial score (nSPS) is 14.7. The summed E-state index contributed by atoms with van der Waals surface area (Å²) in [4.78, 5) is 0. The zero-order valence-corrected chi connectivity index (χ0v) is 9.65. The molecular weight excluding hydrogens is 224 g/mol. The first-order valence-corrected chi connectivity index (χ1v) is 5.71. The van der Waals surface area contributed by atoms with Crippen LogP contribution in [0.2, 0.25) is 0 Å². The van der Waals surface area contributed by atoms with E-state index in [1.165, 1.54) is 0 Å². The first-order chi connectivity index (χ1) is 8.88. The lowest BCUT2D eigenvalue weighted by Crippen LogP contribution is -2.37. The van der Waals surface area contributed by atoms with E-state index in [1.54, 1.807) is 10.9 Å². The summed E-state index contributed by atoms with van der Waals surface area (Å²) < 4.78 is 1.73. The third kappa shape index (κ3) is 1.76. The topological polar surface area (TPSA) is 41.0 Å². The fourth-order valence-electron chi connectivity index (χ4n) is 1.94. The number of allylic oxidation sites excluding steroid dienone is 4. The summed E-state index contributed by atoms with van der Waals surface area (Å²) in [5, 5.41) is 16.9. The highest BCUT2D eigenvalue weighted by molar-refractivity contribution is 5.70. The van der Waals surface area contributed by atoms with Crippen molar-refractivity contribution in [2.24, 2.45) is 0 Å². The lowest BCUT2D eigenvalue weighted by Gasteiger charge is -1.98. The van der Waals surface area contributed by atoms with Crippen molar-refractivity contribution in [2.75, 3.05) is 0 Å². The number of hydrogen-bond acceptors (Lipinski definition) is 1. The van der Waals surface area contributed by atoms with E-state index in [4.69, 9.17) is 0 Å². The zero-order chi connectivity index (χ0) is 12.4. The highest BCUT2D eigenvalue weighted by Gasteiger charge is 2.01. The van der Waals surface area contributed by atoms with E-state index in [-0.39, 0.29) is 0 Å². The van der Waals surface area contributed by atoms with E-state index in [1.807, 2.05) is 54.6 Å². The zero-order valence-electron chi connectivity index (χ0n) is 9.65. The van der Waals surface area contributed by atoms with Crippen LogP contribution < -0.4 is 25.5 Å². The van der Waals surface area contributed by atoms with Crippen LogP contribution in [0.5, 0.6) is 0 Å². The van der Waals surface area contributed by atoms with Gasteiger partial charge in [0, 0.05) is 17.4 Å². The van der Waals surface area contributed by atoms with Gasteiger partial charge in [-0.2, -0.15) is 0 Å². The Labute approximate surface area is 104 Å². The summed E-state index contributed by atoms with van der Waals surface area (Å²) in [5.41, 5.74) is 1.91. The van der Waals surface area contributed by atoms with E-state index >= 15 is 0 Å². The van der Waals surface area contributed by atoms with Gasteiger partial charge in [0.1, 0.15) is 0 Å². The minimum Gasteiger partial charge on any atom is -0.877 e. The average molecular weight is 235 g/mol. The predicted octanol–water partition coefficient (Wildman–Crippen LogP) is -0.705. The molecule has 0 radical (unpaired) electrons. The molecule has 1 aromatic heterocycles. The minimum absolute atomic E-state index is 0.602. The summed E-state index contributed by atoms with van der Waals surface area (Å²) in [6.07, 6.45) is 10.4. The number of rotatable bonds is 1. The van der Waals surface area contributed by atoms with Crippen LogP contribution in [-0.4, -0.2) is 0 Å². The molecule has 0 fully saturated rings. The molecule has 3 rings (SSSR count). The molecule has 2 aromatic rings. The third-order valence-electron chi connectivity index (χ3n) is 2.83. The van der Waals surface area contributed by atoms with Crippen LogP contribution in [0.15, 0.2) is 60.8 Å². The standard InChI is InChI=1S/C15H12N2O/c18-11-13-10-17(14-8-2-1-3-9-14)16-15(13)12-6-4-5-7-12/h1-11,18H/p-1/b13-11+. The van der Waals surface area contributed by atoms with Crippen molar-refractivity contribution >= 4 is 11.8 Å². The second kappa shape index (κ2) is 4.37. The summed E-state index contributed by atoms with van der Waals surface area (Å²) in [6.45, 7) is 0. The molecule has 1 aliphatic rings. The van der Waals surface area contributed by atoms with Gasteiger partial charge in [-0.3, -0.25) is 0 Å². The Morgan fingerprint density at radius 3 is 2.44 bits per heavy atom. The molecule has 0 aliphatic heterocycles. The van der Waals surface area contributed by atoms with E-state index in [0.717, 1.165) is 22.9 Å². The van der Waals surface area contributed by atoms with Gasteiger partial charge >= 0.3 is 0 Å². The van der Waals surface area contributed by atoms with Gasteiger partial charge in [-0.25, -0.2) is 4.68 Å². The number of para-hydroxylation sites is 1. The third-order valence-corrected chi connectivity index (χ3v) is 2.83. The summed E-state index contributed by atoms with van der Waals surface area (Å²) in [6, 6.07) is 9.75. The van der Waals surface area contributed by atoms with Crippen LogP contribution in [0.1, 0.15) is 0 Å². The van der Waals surface area contributed by atoms with Crippen LogP contribution in [0.4, 0.5) is 0 Å². The smallest absolute Gasteiger partial charge is 0.200 e. The largest absolute Gasteiger partial charge is 0.877 e. The molecule has 0 amide bonds. The van der Waals surface area contributed by atoms with Crippen molar-refractivity contribution in [3.63, 3.8) is 0 Å². The number of hydrogen-bond donors (Lipinski definition) is 0. The van der Waals surface area contributed by atoms with E-state index in [0.29, 0.717) is 5.22 Å². The van der Waals surface area contributed by atoms with Gasteiger partial charge in [0.05, 0.1) is 0 Å². The second-order valence-corrected chi connectivity index (χ2v) is 4.00. The van der Waals surface area contributed by atoms with Crippen molar-refractivity contribution in [2.45, 2.75) is 0 Å². The summed E-state index contributed by atoms with van der Waals surface area (Å²) >= 11 is 0. The number of aromatic nitrogens is 2. The molecule has 3 nitrogen and oxygen atoms in total. The van der Waals surface area contributed by atoms with Crippen molar-refractivity contribution in [1.29, 1.82) is 0 Å². The first-order valence-electron chi connectivity index (χ1n) is 5.71. The van der Waals surface area contributed by atoms with Crippen LogP contribution in [-0.2, 0) is 0 Å². The molecule has 1 aromatic carbocycles. The predicted molar refractivity (Wildman–Crippen MR) is 66.7 cm³/mol. The van der Waals surface area contributed by atoms with Crippen LogP contribution >= 0.6 is 0 Å². The fourth-order valence-corrected chi connectivity index (χ4v) is 1.94. The van der Waals surface area contributed by atoms with Crippen molar-refractivity contribution in [3.8, 4) is 5.69 Å². The number of nitrogens with zero attached hydrogens (tertiary/aromatic N) is 2. The molecule has 0 N–H and O–H groups in total. The van der Waals surface area contributed by atoms with Crippen molar-refractivity contribution < 1.29 is 9.79 Å². The van der Waals surface area contributed by atoms with E-state index < -0.39 is 0 Å². The van der Waals surface area contributed by atoms with Crippen molar-refractivity contribution in [1.82, 2.24) is 5.10 Å². The molecule has 0 saturated heterocycles. The monoisotopic (exact) mass is 235 g/mol. The lowest BCUT2D eigenvalue weighted by molar-refractivity contribution is -0.661. The second-order valence-electron chi connectivity index (χ2n) is 4.00. The Balaban J connectivity index is 2.26. The van der Waals surface area contributed by atoms with Gasteiger partial charge in [-0.15, -0.1) is 6.26 Å². The Morgan fingerprint density at radius 1 is 1.06 bits per heavy atom. The first kappa shape index (κ1) is 10.6. The molecule has 1 aliphatic carbocycles. The van der Waals surface area contributed by atoms with Gasteiger partial charge in [0.25, 0.3) is 0 Å². The Morgan fingerprint density at radius 2 is 1.78 bits per heavy atom. The molecule has 3 heteroatoms. The van der Waals surface area contributed by atoms with Gasteiger partial charge < -0.3 is 10.2 Å². The SMILES string of the molecule is [O-]/C=c1\c[n+](-c2ccccc2)[n-]c1=C1C=CC=C1. The molecule has 18 heavy (non-hydrogen) atoms. The van der Waals surface area contributed by atoms with E-state index in [2.05, 4.69) is 5.10 Å². The van der Waals surface area contributed by atoms with E-state index in [9.17, 15) is 5.11 Å². The van der Waals surface area contributed by atoms with Crippen LogP contribution in [0.3, 0.4) is 0 Å². The molecular formula is C15H11N2O-. The molecule has 0 spiro atoms. The molecule has 0 atom stereocenters. The molecule has 0 saturated carbocycles. The maximum absolute atomic E-state index is 11.1. The van der Waals surface area contributed by atoms with Crippen LogP contribution in [0.25, 0.3) is 17.5 Å². The number of benzene rings is 1. The fraction of sp³-hybridized carbons (Fsp3) is 0. The molecule has 0 unspecified atom stereocenters. The van der Waals surface area contributed by atoms with Gasteiger partial charge in [-0.1, -0.05) is 47.9 Å². The maximum Gasteiger partial charge on any atom is 0.200 e. The maximum atomic E-state index is 11.1. The van der Waals surface area contributed by atoms with Crippen molar-refractivity contribution in [3.05, 3.63) is 71.4 Å². The molecule has 1 heterocycles. The summed E-state index contributed by atoms with van der Waals surface area (Å²) in [5.74, 6) is 0. The Kier molecular flexibility index (Phi) is 2.57. The Hall–Kier alpha value is -2.55. The highest BCUT2D eigenvalue weighted by atomic mass is 16.2. The lowest BCUT2D eigenvalue weighted by atomic mass is 10.2. The Bertz CT molecular complexity index is 723. The van der Waals surface area contributed by atoms with Gasteiger partial charge in [0.2, 0.25) is 5.69 Å². The van der Waals surface area contributed by atoms with Gasteiger partial charge in [-0.05, 0) is 5.57 Å². The average Bonchev–Trinajstić information content (AvgIpc) is 3.08. The quantitative estimate of drug-likeness (QED) is 0.613. The molecule has 0 bridgehead atoms.